The fourth-order valence-corrected chi connectivity index (χ4v) is 3.74. The SMILES string of the molecule is CC(C)Cn1nc(C(=O)N2CCC(C)CC2CN)c2ccccc2c1=O. The number of benzene rings is 1. The van der Waals surface area contributed by atoms with E-state index in [0.29, 0.717) is 42.0 Å². The Morgan fingerprint density at radius 3 is 2.65 bits per heavy atom. The third-order valence-electron chi connectivity index (χ3n) is 5.12. The second kappa shape index (κ2) is 7.58. The Bertz CT molecular complexity index is 859. The first kappa shape index (κ1) is 18.6. The molecule has 1 fully saturated rings. The van der Waals surface area contributed by atoms with E-state index >= 15 is 0 Å². The van der Waals surface area contributed by atoms with Crippen molar-refractivity contribution in [3.63, 3.8) is 0 Å². The number of rotatable bonds is 4. The van der Waals surface area contributed by atoms with Crippen molar-refractivity contribution in [3.05, 3.63) is 40.3 Å². The number of likely N-dealkylation sites (tertiary alicyclic amines) is 1. The van der Waals surface area contributed by atoms with Crippen LogP contribution in [0.15, 0.2) is 29.1 Å². The smallest absolute Gasteiger partial charge is 0.275 e. The molecule has 0 spiro atoms. The number of carbonyl (C=O) groups excluding carboxylic acids is 1. The van der Waals surface area contributed by atoms with Crippen LogP contribution < -0.4 is 11.3 Å². The highest BCUT2D eigenvalue weighted by atomic mass is 16.2. The summed E-state index contributed by atoms with van der Waals surface area (Å²) >= 11 is 0. The number of piperidine rings is 1. The first-order valence-corrected chi connectivity index (χ1v) is 9.43. The predicted octanol–water partition coefficient (Wildman–Crippen LogP) is 2.25. The van der Waals surface area contributed by atoms with E-state index in [1.165, 1.54) is 4.68 Å². The van der Waals surface area contributed by atoms with Crippen molar-refractivity contribution in [2.75, 3.05) is 13.1 Å². The Labute approximate surface area is 154 Å². The van der Waals surface area contributed by atoms with Gasteiger partial charge in [0.2, 0.25) is 0 Å². The molecule has 0 radical (unpaired) electrons. The Kier molecular flexibility index (Phi) is 5.41. The summed E-state index contributed by atoms with van der Waals surface area (Å²) in [6, 6.07) is 7.26. The van der Waals surface area contributed by atoms with Gasteiger partial charge in [0.1, 0.15) is 0 Å². The molecule has 6 heteroatoms. The summed E-state index contributed by atoms with van der Waals surface area (Å²) in [5.74, 6) is 0.699. The van der Waals surface area contributed by atoms with Gasteiger partial charge in [0.15, 0.2) is 5.69 Å². The van der Waals surface area contributed by atoms with Crippen molar-refractivity contribution in [2.24, 2.45) is 17.6 Å². The van der Waals surface area contributed by atoms with E-state index in [2.05, 4.69) is 12.0 Å². The average molecular weight is 356 g/mol. The fraction of sp³-hybridized carbons (Fsp3) is 0.550. The van der Waals surface area contributed by atoms with Crippen LogP contribution in [0.2, 0.25) is 0 Å². The number of nitrogens with zero attached hydrogens (tertiary/aromatic N) is 3. The Morgan fingerprint density at radius 1 is 1.31 bits per heavy atom. The van der Waals surface area contributed by atoms with Crippen molar-refractivity contribution >= 4 is 16.7 Å². The minimum Gasteiger partial charge on any atom is -0.333 e. The number of fused-ring (bicyclic) bond motifs is 1. The zero-order chi connectivity index (χ0) is 18.8. The topological polar surface area (TPSA) is 81.2 Å². The highest BCUT2D eigenvalue weighted by Gasteiger charge is 2.31. The molecule has 3 rings (SSSR count). The minimum absolute atomic E-state index is 0.0253. The Hall–Kier alpha value is -2.21. The zero-order valence-electron chi connectivity index (χ0n) is 15.8. The van der Waals surface area contributed by atoms with E-state index in [-0.39, 0.29) is 23.4 Å². The monoisotopic (exact) mass is 356 g/mol. The minimum atomic E-state index is -0.145. The second-order valence-electron chi connectivity index (χ2n) is 7.79. The molecular formula is C20H28N4O2. The normalized spacial score (nSPS) is 20.7. The van der Waals surface area contributed by atoms with Gasteiger partial charge in [-0.2, -0.15) is 5.10 Å². The van der Waals surface area contributed by atoms with Gasteiger partial charge in [-0.15, -0.1) is 0 Å². The van der Waals surface area contributed by atoms with Gasteiger partial charge in [0.25, 0.3) is 11.5 Å². The maximum atomic E-state index is 13.3. The van der Waals surface area contributed by atoms with Gasteiger partial charge in [-0.05, 0) is 30.7 Å². The summed E-state index contributed by atoms with van der Waals surface area (Å²) in [6.45, 7) is 7.87. The van der Waals surface area contributed by atoms with Crippen molar-refractivity contribution in [2.45, 2.75) is 46.2 Å². The van der Waals surface area contributed by atoms with Crippen molar-refractivity contribution in [1.29, 1.82) is 0 Å². The highest BCUT2D eigenvalue weighted by Crippen LogP contribution is 2.25. The molecule has 140 valence electrons. The largest absolute Gasteiger partial charge is 0.333 e. The molecule has 0 aliphatic carbocycles. The van der Waals surface area contributed by atoms with Crippen LogP contribution in [0.25, 0.3) is 10.8 Å². The molecule has 1 aromatic heterocycles. The molecule has 2 heterocycles. The van der Waals surface area contributed by atoms with E-state index in [1.54, 1.807) is 12.1 Å². The number of nitrogens with two attached hydrogens (primary N) is 1. The van der Waals surface area contributed by atoms with Gasteiger partial charge in [-0.1, -0.05) is 39.0 Å². The molecule has 0 saturated carbocycles. The molecule has 1 amide bonds. The van der Waals surface area contributed by atoms with Crippen LogP contribution in [0.4, 0.5) is 0 Å². The van der Waals surface area contributed by atoms with Crippen LogP contribution >= 0.6 is 0 Å². The molecule has 6 nitrogen and oxygen atoms in total. The summed E-state index contributed by atoms with van der Waals surface area (Å²) < 4.78 is 1.43. The lowest BCUT2D eigenvalue weighted by Gasteiger charge is -2.38. The van der Waals surface area contributed by atoms with Crippen LogP contribution in [-0.2, 0) is 6.54 Å². The molecule has 2 atom stereocenters. The van der Waals surface area contributed by atoms with Crippen LogP contribution in [0.1, 0.15) is 44.1 Å². The number of amides is 1. The maximum Gasteiger partial charge on any atom is 0.275 e. The molecule has 26 heavy (non-hydrogen) atoms. The molecule has 1 aromatic carbocycles. The first-order chi connectivity index (χ1) is 12.4. The molecule has 1 aliphatic rings. The van der Waals surface area contributed by atoms with E-state index in [9.17, 15) is 9.59 Å². The maximum absolute atomic E-state index is 13.3. The van der Waals surface area contributed by atoms with Gasteiger partial charge in [-0.3, -0.25) is 9.59 Å². The average Bonchev–Trinajstić information content (AvgIpc) is 2.63. The Morgan fingerprint density at radius 2 is 2.00 bits per heavy atom. The number of hydrogen-bond acceptors (Lipinski definition) is 4. The number of carbonyl (C=O) groups is 1. The summed E-state index contributed by atoms with van der Waals surface area (Å²) in [5.41, 5.74) is 6.15. The van der Waals surface area contributed by atoms with Gasteiger partial charge in [0, 0.05) is 31.1 Å². The number of hydrogen-bond donors (Lipinski definition) is 1. The predicted molar refractivity (Wildman–Crippen MR) is 103 cm³/mol. The number of aromatic nitrogens is 2. The summed E-state index contributed by atoms with van der Waals surface area (Å²) in [4.78, 5) is 27.9. The van der Waals surface area contributed by atoms with Crippen LogP contribution in [0.5, 0.6) is 0 Å². The molecule has 1 saturated heterocycles. The molecule has 1 aliphatic heterocycles. The standard InChI is InChI=1S/C20H28N4O2/c1-13(2)12-24-19(25)17-7-5-4-6-16(17)18(22-24)20(26)23-9-8-14(3)10-15(23)11-21/h4-7,13-15H,8-12,21H2,1-3H3. The zero-order valence-corrected chi connectivity index (χ0v) is 15.8. The van der Waals surface area contributed by atoms with Gasteiger partial charge in [0.05, 0.1) is 5.39 Å². The summed E-state index contributed by atoms with van der Waals surface area (Å²) in [5, 5.41) is 5.64. The van der Waals surface area contributed by atoms with Gasteiger partial charge < -0.3 is 10.6 Å². The summed E-state index contributed by atoms with van der Waals surface area (Å²) in [6.07, 6.45) is 1.87. The van der Waals surface area contributed by atoms with E-state index < -0.39 is 0 Å². The fourth-order valence-electron chi connectivity index (χ4n) is 3.74. The van der Waals surface area contributed by atoms with Crippen LogP contribution in [0.3, 0.4) is 0 Å². The van der Waals surface area contributed by atoms with E-state index in [0.717, 1.165) is 12.8 Å². The van der Waals surface area contributed by atoms with Crippen molar-refractivity contribution in [3.8, 4) is 0 Å². The molecule has 0 bridgehead atoms. The lowest BCUT2D eigenvalue weighted by atomic mass is 9.92. The quantitative estimate of drug-likeness (QED) is 0.911. The third kappa shape index (κ3) is 3.51. The van der Waals surface area contributed by atoms with Gasteiger partial charge >= 0.3 is 0 Å². The molecule has 2 unspecified atom stereocenters. The first-order valence-electron chi connectivity index (χ1n) is 9.43. The Balaban J connectivity index is 2.09. The van der Waals surface area contributed by atoms with Crippen LogP contribution in [-0.4, -0.2) is 39.7 Å². The lowest BCUT2D eigenvalue weighted by Crippen LogP contribution is -2.49. The highest BCUT2D eigenvalue weighted by molar-refractivity contribution is 6.04. The summed E-state index contributed by atoms with van der Waals surface area (Å²) in [7, 11) is 0. The van der Waals surface area contributed by atoms with Crippen molar-refractivity contribution < 1.29 is 4.79 Å². The lowest BCUT2D eigenvalue weighted by molar-refractivity contribution is 0.0567. The van der Waals surface area contributed by atoms with Crippen LogP contribution in [0, 0.1) is 11.8 Å². The van der Waals surface area contributed by atoms with E-state index in [1.807, 2.05) is 30.9 Å². The molecular weight excluding hydrogens is 328 g/mol. The van der Waals surface area contributed by atoms with Gasteiger partial charge in [-0.25, -0.2) is 4.68 Å². The van der Waals surface area contributed by atoms with Crippen molar-refractivity contribution in [1.82, 2.24) is 14.7 Å². The second-order valence-corrected chi connectivity index (χ2v) is 7.79. The molecule has 2 N–H and O–H groups in total. The molecule has 2 aromatic rings. The third-order valence-corrected chi connectivity index (χ3v) is 5.12. The van der Waals surface area contributed by atoms with E-state index in [4.69, 9.17) is 5.73 Å².